The van der Waals surface area contributed by atoms with Gasteiger partial charge in [0.15, 0.2) is 11.5 Å². The average Bonchev–Trinajstić information content (AvgIpc) is 3.19. The van der Waals surface area contributed by atoms with E-state index in [1.165, 1.54) is 12.8 Å². The molecule has 0 aromatic carbocycles. The topological polar surface area (TPSA) is 80.3 Å². The molecule has 1 fully saturated rings. The number of nitrogens with one attached hydrogen (secondary N) is 2. The predicted molar refractivity (Wildman–Crippen MR) is 76.7 cm³/mol. The van der Waals surface area contributed by atoms with E-state index in [-0.39, 0.29) is 11.6 Å². The van der Waals surface area contributed by atoms with Gasteiger partial charge in [-0.05, 0) is 50.4 Å². The lowest BCUT2D eigenvalue weighted by atomic mass is 9.96. The van der Waals surface area contributed by atoms with Crippen LogP contribution in [0.4, 0.5) is 0 Å². The molecule has 2 aromatic rings. The number of rotatable bonds is 5. The van der Waals surface area contributed by atoms with Crippen LogP contribution in [0.25, 0.3) is 11.5 Å². The Morgan fingerprint density at radius 3 is 3.19 bits per heavy atom. The van der Waals surface area contributed by atoms with Crippen LogP contribution in [0.1, 0.15) is 29.8 Å². The smallest absolute Gasteiger partial charge is 0.273 e. The second-order valence-corrected chi connectivity index (χ2v) is 5.31. The molecule has 1 aliphatic rings. The van der Waals surface area contributed by atoms with Crippen LogP contribution in [0, 0.1) is 5.92 Å². The zero-order chi connectivity index (χ0) is 14.5. The summed E-state index contributed by atoms with van der Waals surface area (Å²) >= 11 is 0. The van der Waals surface area contributed by atoms with Crippen LogP contribution in [-0.4, -0.2) is 30.7 Å². The standard InChI is InChI=1S/C15H19N3O3/c19-15(17-7-5-11-3-1-6-16-10-11)12-9-14(21-18-12)13-4-2-8-20-13/h2,4,8-9,11,16H,1,3,5-7,10H2,(H,17,19). The zero-order valence-electron chi connectivity index (χ0n) is 11.8. The van der Waals surface area contributed by atoms with Crippen molar-refractivity contribution in [2.75, 3.05) is 19.6 Å². The molecule has 2 aromatic heterocycles. The molecule has 6 nitrogen and oxygen atoms in total. The van der Waals surface area contributed by atoms with Crippen molar-refractivity contribution in [2.45, 2.75) is 19.3 Å². The average molecular weight is 289 g/mol. The molecule has 21 heavy (non-hydrogen) atoms. The first-order valence-corrected chi connectivity index (χ1v) is 7.32. The predicted octanol–water partition coefficient (Wildman–Crippen LogP) is 2.05. The Hall–Kier alpha value is -2.08. The number of aromatic nitrogens is 1. The van der Waals surface area contributed by atoms with E-state index in [1.54, 1.807) is 24.5 Å². The lowest BCUT2D eigenvalue weighted by Gasteiger charge is -2.22. The summed E-state index contributed by atoms with van der Waals surface area (Å²) in [5, 5.41) is 10.0. The fourth-order valence-corrected chi connectivity index (χ4v) is 2.57. The maximum absolute atomic E-state index is 12.0. The number of carbonyl (C=O) groups is 1. The molecule has 3 heterocycles. The number of amides is 1. The Bertz CT molecular complexity index is 571. The first-order valence-electron chi connectivity index (χ1n) is 7.32. The van der Waals surface area contributed by atoms with E-state index in [9.17, 15) is 4.79 Å². The highest BCUT2D eigenvalue weighted by atomic mass is 16.5. The number of hydrogen-bond acceptors (Lipinski definition) is 5. The number of piperidine rings is 1. The molecule has 1 saturated heterocycles. The van der Waals surface area contributed by atoms with Crippen molar-refractivity contribution < 1.29 is 13.7 Å². The third-order valence-corrected chi connectivity index (χ3v) is 3.74. The summed E-state index contributed by atoms with van der Waals surface area (Å²) in [5.41, 5.74) is 0.281. The van der Waals surface area contributed by atoms with E-state index in [0.717, 1.165) is 19.5 Å². The minimum atomic E-state index is -0.208. The molecule has 0 spiro atoms. The molecule has 3 rings (SSSR count). The van der Waals surface area contributed by atoms with E-state index in [1.807, 2.05) is 0 Å². The van der Waals surface area contributed by atoms with Gasteiger partial charge in [0.1, 0.15) is 0 Å². The molecular weight excluding hydrogens is 270 g/mol. The van der Waals surface area contributed by atoms with Crippen LogP contribution in [0.2, 0.25) is 0 Å². The van der Waals surface area contributed by atoms with E-state index in [0.29, 0.717) is 24.0 Å². The summed E-state index contributed by atoms with van der Waals surface area (Å²) in [6, 6.07) is 5.12. The fourth-order valence-electron chi connectivity index (χ4n) is 2.57. The SMILES string of the molecule is O=C(NCCC1CCCNC1)c1cc(-c2ccco2)on1. The van der Waals surface area contributed by atoms with Crippen molar-refractivity contribution in [3.8, 4) is 11.5 Å². The largest absolute Gasteiger partial charge is 0.461 e. The third-order valence-electron chi connectivity index (χ3n) is 3.74. The molecule has 6 heteroatoms. The number of nitrogens with zero attached hydrogens (tertiary/aromatic N) is 1. The molecule has 1 atom stereocenters. The second-order valence-electron chi connectivity index (χ2n) is 5.31. The highest BCUT2D eigenvalue weighted by molar-refractivity contribution is 5.92. The van der Waals surface area contributed by atoms with E-state index < -0.39 is 0 Å². The molecule has 0 saturated carbocycles. The van der Waals surface area contributed by atoms with Crippen LogP contribution in [0.5, 0.6) is 0 Å². The van der Waals surface area contributed by atoms with Gasteiger partial charge >= 0.3 is 0 Å². The van der Waals surface area contributed by atoms with Crippen LogP contribution in [0.3, 0.4) is 0 Å². The van der Waals surface area contributed by atoms with Gasteiger partial charge in [-0.2, -0.15) is 0 Å². The summed E-state index contributed by atoms with van der Waals surface area (Å²) in [5.74, 6) is 1.46. The van der Waals surface area contributed by atoms with Crippen molar-refractivity contribution in [2.24, 2.45) is 5.92 Å². The maximum Gasteiger partial charge on any atom is 0.273 e. The summed E-state index contributed by atoms with van der Waals surface area (Å²) in [7, 11) is 0. The number of furan rings is 1. The van der Waals surface area contributed by atoms with Crippen molar-refractivity contribution in [3.63, 3.8) is 0 Å². The molecule has 112 valence electrons. The van der Waals surface area contributed by atoms with E-state index >= 15 is 0 Å². The van der Waals surface area contributed by atoms with Gasteiger partial charge in [-0.25, -0.2) is 0 Å². The molecular formula is C15H19N3O3. The van der Waals surface area contributed by atoms with Crippen LogP contribution >= 0.6 is 0 Å². The molecule has 0 radical (unpaired) electrons. The van der Waals surface area contributed by atoms with Crippen LogP contribution in [-0.2, 0) is 0 Å². The monoisotopic (exact) mass is 289 g/mol. The molecule has 1 unspecified atom stereocenters. The minimum absolute atomic E-state index is 0.208. The second kappa shape index (κ2) is 6.58. The lowest BCUT2D eigenvalue weighted by Crippen LogP contribution is -2.33. The van der Waals surface area contributed by atoms with Crippen LogP contribution in [0.15, 0.2) is 33.4 Å². The molecule has 1 amide bonds. The summed E-state index contributed by atoms with van der Waals surface area (Å²) in [6.45, 7) is 2.81. The van der Waals surface area contributed by atoms with Crippen molar-refractivity contribution >= 4 is 5.91 Å². The van der Waals surface area contributed by atoms with Gasteiger partial charge in [0, 0.05) is 12.6 Å². The highest BCUT2D eigenvalue weighted by Crippen LogP contribution is 2.20. The minimum Gasteiger partial charge on any atom is -0.461 e. The van der Waals surface area contributed by atoms with Gasteiger partial charge in [-0.1, -0.05) is 5.16 Å². The Balaban J connectivity index is 1.49. The number of carbonyl (C=O) groups excluding carboxylic acids is 1. The van der Waals surface area contributed by atoms with Crippen molar-refractivity contribution in [3.05, 3.63) is 30.2 Å². The molecule has 0 bridgehead atoms. The van der Waals surface area contributed by atoms with Gasteiger partial charge in [0.2, 0.25) is 5.76 Å². The molecule has 2 N–H and O–H groups in total. The zero-order valence-corrected chi connectivity index (χ0v) is 11.8. The third kappa shape index (κ3) is 3.52. The summed E-state index contributed by atoms with van der Waals surface area (Å²) in [4.78, 5) is 12.0. The van der Waals surface area contributed by atoms with Gasteiger partial charge in [0.25, 0.3) is 5.91 Å². The van der Waals surface area contributed by atoms with Gasteiger partial charge in [-0.15, -0.1) is 0 Å². The Kier molecular flexibility index (Phi) is 4.35. The van der Waals surface area contributed by atoms with Crippen LogP contribution < -0.4 is 10.6 Å². The van der Waals surface area contributed by atoms with Gasteiger partial charge < -0.3 is 19.6 Å². The first-order chi connectivity index (χ1) is 10.3. The van der Waals surface area contributed by atoms with Gasteiger partial charge in [0.05, 0.1) is 6.26 Å². The molecule has 1 aliphatic heterocycles. The highest BCUT2D eigenvalue weighted by Gasteiger charge is 2.16. The lowest BCUT2D eigenvalue weighted by molar-refractivity contribution is 0.0941. The number of hydrogen-bond donors (Lipinski definition) is 2. The maximum atomic E-state index is 12.0. The summed E-state index contributed by atoms with van der Waals surface area (Å²) < 4.78 is 10.3. The quantitative estimate of drug-likeness (QED) is 0.880. The Morgan fingerprint density at radius 1 is 1.48 bits per heavy atom. The Labute approximate surface area is 122 Å². The fraction of sp³-hybridized carbons (Fsp3) is 0.467. The van der Waals surface area contributed by atoms with E-state index in [2.05, 4.69) is 15.8 Å². The summed E-state index contributed by atoms with van der Waals surface area (Å²) in [6.07, 6.45) is 4.99. The van der Waals surface area contributed by atoms with Gasteiger partial charge in [-0.3, -0.25) is 4.79 Å². The first kappa shape index (κ1) is 13.9. The molecule has 0 aliphatic carbocycles. The van der Waals surface area contributed by atoms with Crippen molar-refractivity contribution in [1.82, 2.24) is 15.8 Å². The van der Waals surface area contributed by atoms with Crippen molar-refractivity contribution in [1.29, 1.82) is 0 Å². The Morgan fingerprint density at radius 2 is 2.43 bits per heavy atom. The van der Waals surface area contributed by atoms with E-state index in [4.69, 9.17) is 8.94 Å². The normalized spacial score (nSPS) is 18.6.